The molecule has 736 valence electrons. The summed E-state index contributed by atoms with van der Waals surface area (Å²) in [5.74, 6) is -2.70. The highest BCUT2D eigenvalue weighted by molar-refractivity contribution is 7.23. The van der Waals surface area contributed by atoms with Crippen LogP contribution < -0.4 is 5.46 Å². The van der Waals surface area contributed by atoms with Crippen LogP contribution >= 0.6 is 80.4 Å². The molecule has 1 aliphatic rings. The lowest BCUT2D eigenvalue weighted by Crippen LogP contribution is -2.41. The van der Waals surface area contributed by atoms with Gasteiger partial charge < -0.3 is 37.7 Å². The second kappa shape index (κ2) is 42.2. The van der Waals surface area contributed by atoms with E-state index in [2.05, 4.69) is 40.4 Å². The van der Waals surface area contributed by atoms with E-state index in [0.717, 1.165) is 151 Å². The quantitative estimate of drug-likeness (QED) is 0.0293. The number of aromatic amines is 2. The van der Waals surface area contributed by atoms with E-state index >= 15 is 0 Å². The molecule has 1 saturated heterocycles. The molecule has 0 spiro atoms. The largest absolute Gasteiger partial charge is 0.494 e. The van der Waals surface area contributed by atoms with E-state index in [1.807, 2.05) is 256 Å². The molecule has 23 nitrogen and oxygen atoms in total. The van der Waals surface area contributed by atoms with Gasteiger partial charge in [-0.15, -0.1) is 39.1 Å². The van der Waals surface area contributed by atoms with Crippen molar-refractivity contribution in [2.45, 2.75) is 178 Å². The number of hydrogen-bond acceptors (Lipinski definition) is 23. The van der Waals surface area contributed by atoms with E-state index in [1.54, 1.807) is 82.8 Å². The van der Waals surface area contributed by atoms with Gasteiger partial charge in [-0.3, -0.25) is 24.8 Å². The average Bonchev–Trinajstić information content (AvgIpc) is 1.67. The molecule has 0 radical (unpaired) electrons. The Hall–Kier alpha value is -12.3. The number of H-pyrrole nitrogens is 2. The normalized spacial score (nSPS) is 13.8. The lowest BCUT2D eigenvalue weighted by Gasteiger charge is -2.32. The monoisotopic (exact) mass is 2060 g/mol. The minimum absolute atomic E-state index is 0.234. The number of ether oxygens (including phenoxy) is 6. The van der Waals surface area contributed by atoms with Crippen molar-refractivity contribution in [1.29, 1.82) is 0 Å². The smallest absolute Gasteiger partial charge is 0.464 e. The van der Waals surface area contributed by atoms with Gasteiger partial charge in [0, 0.05) is 102 Å². The first-order chi connectivity index (χ1) is 67.8. The van der Waals surface area contributed by atoms with Gasteiger partial charge in [-0.05, 0) is 298 Å². The molecular formula is C109H104BCl4F3N12O11S3. The third-order valence-electron chi connectivity index (χ3n) is 23.8. The van der Waals surface area contributed by atoms with Crippen molar-refractivity contribution in [2.75, 3.05) is 19.8 Å². The van der Waals surface area contributed by atoms with Gasteiger partial charge in [0.15, 0.2) is 18.3 Å². The number of nitrogens with one attached hydrogen (secondary N) is 2. The summed E-state index contributed by atoms with van der Waals surface area (Å²) in [6.45, 7) is 37.3. The molecule has 10 heterocycles. The molecule has 0 saturated carbocycles. The SMILES string of the molecule is CC1(C)OB(c2ccc3c(F)[nH]nc3c2)OC1(C)C.CCOC(=O)[C@@H](OC(C)(C)C)c1c(C)cc2nc(-c3ccnc(-c4ccc5c(F)[nH]nc5c4)c3)sc2c1-c1ccc(Cl)cc1.CCOC(=O)[C@@H](OC(C)(C)C)c1c(C)cc2nc(-c3ccnc(-c4ccc5c(F)nn(C)c5c4)c3)sc2c1-c1ccc(Cl)cc1.CCOC(=O)[C@@H](OC(C)(C)C)c1c(C)cc2nc(-c3ccnc(Cl)c3)sc2c1-c1ccc(Cl)cc1. The number of carbonyl (C=O) groups is 3. The zero-order valence-corrected chi connectivity index (χ0v) is 87.8. The van der Waals surface area contributed by atoms with Crippen LogP contribution in [0.5, 0.6) is 0 Å². The number of esters is 3. The fraction of sp³-hybridized carbons (Fsp3) is 0.284. The molecule has 143 heavy (non-hydrogen) atoms. The minimum atomic E-state index is -0.954. The van der Waals surface area contributed by atoms with Gasteiger partial charge in [-0.2, -0.15) is 23.4 Å². The Bertz CT molecular complexity index is 7830. The molecule has 18 aromatic rings. The van der Waals surface area contributed by atoms with Crippen LogP contribution in [0.1, 0.15) is 162 Å². The Morgan fingerprint density at radius 2 is 0.755 bits per heavy atom. The number of nitrogens with zero attached hydrogens (tertiary/aromatic N) is 10. The second-order valence-electron chi connectivity index (χ2n) is 38.2. The van der Waals surface area contributed by atoms with Gasteiger partial charge >= 0.3 is 25.0 Å². The van der Waals surface area contributed by atoms with Gasteiger partial charge in [0.1, 0.15) is 20.2 Å². The minimum Gasteiger partial charge on any atom is -0.464 e. The molecule has 9 aromatic heterocycles. The number of carbonyl (C=O) groups excluding carboxylic acids is 3. The van der Waals surface area contributed by atoms with Crippen LogP contribution in [0.15, 0.2) is 201 Å². The van der Waals surface area contributed by atoms with Crippen LogP contribution in [-0.2, 0) is 59.2 Å². The van der Waals surface area contributed by atoms with Crippen molar-refractivity contribution in [2.24, 2.45) is 7.05 Å². The Kier molecular flexibility index (Phi) is 30.6. The van der Waals surface area contributed by atoms with Crippen LogP contribution in [0.3, 0.4) is 0 Å². The van der Waals surface area contributed by atoms with Gasteiger partial charge in [0.05, 0.1) is 123 Å². The number of hydrogen-bond donors (Lipinski definition) is 2. The number of pyridine rings is 3. The highest BCUT2D eigenvalue weighted by Gasteiger charge is 2.52. The fourth-order valence-corrected chi connectivity index (χ4v) is 20.6. The third kappa shape index (κ3) is 22.9. The Labute approximate surface area is 857 Å². The predicted molar refractivity (Wildman–Crippen MR) is 566 cm³/mol. The van der Waals surface area contributed by atoms with Gasteiger partial charge in [0.2, 0.25) is 17.8 Å². The predicted octanol–water partition coefficient (Wildman–Crippen LogP) is 28.2. The average molecular weight is 2060 g/mol. The molecule has 34 heteroatoms. The fourth-order valence-electron chi connectivity index (χ4n) is 16.7. The molecule has 1 fully saturated rings. The number of thiazole rings is 3. The summed E-state index contributed by atoms with van der Waals surface area (Å²) in [4.78, 5) is 68.3. The first kappa shape index (κ1) is 104. The van der Waals surface area contributed by atoms with Gasteiger partial charge in [-0.25, -0.2) is 34.3 Å². The number of aryl methyl sites for hydroxylation is 4. The molecule has 9 aromatic carbocycles. The van der Waals surface area contributed by atoms with Crippen molar-refractivity contribution in [3.63, 3.8) is 0 Å². The Balaban J connectivity index is 0.000000142. The maximum atomic E-state index is 14.2. The van der Waals surface area contributed by atoms with Crippen molar-refractivity contribution in [1.82, 2.24) is 60.1 Å². The molecule has 0 unspecified atom stereocenters. The molecule has 0 bridgehead atoms. The number of halogens is 7. The molecule has 2 N–H and O–H groups in total. The summed E-state index contributed by atoms with van der Waals surface area (Å²) >= 11 is 29.5. The number of rotatable bonds is 21. The summed E-state index contributed by atoms with van der Waals surface area (Å²) in [7, 11) is 1.27. The summed E-state index contributed by atoms with van der Waals surface area (Å²) < 4.78 is 93.2. The molecule has 0 aliphatic carbocycles. The van der Waals surface area contributed by atoms with Crippen LogP contribution in [0, 0.1) is 38.6 Å². The van der Waals surface area contributed by atoms with E-state index in [9.17, 15) is 27.6 Å². The van der Waals surface area contributed by atoms with Gasteiger partial charge in [-0.1, -0.05) is 101 Å². The standard InChI is InChI=1S/C35H32ClFN4O3S.C34H30ClFN4O3S.C27H26Cl2N2O3S.C13H16BFN2O2/c1-7-43-34(42)30(44-35(3,4)5)28-19(2)16-26-31(29(28)20-8-11-23(36)12-9-20)45-33(39-26)22-14-15-38-25(17-22)21-10-13-24-27(18-21)41(6)40-32(24)37;1-6-42-33(41)29(43-34(3,4)5)27-18(2)15-26-30(28(27)19-7-10-22(35)11-8-19)44-32(38-26)21-13-14-37-24(17-21)20-9-12-23-25(16-20)39-40-31(23)36;1-6-33-26(32)23(34-27(3,4)5)21-15(2)13-19-24(22(21)16-7-9-18(28)10-8-16)35-25(31-19)17-11-12-30-20(29)14-17;1-12(2)13(3,4)19-14(18-12)8-5-6-9-10(7-8)16-17-11(9)15/h8-18,30H,7H2,1-6H3;7-17,29H,6H2,1-5H3,(H,39,40);7-14,23H,6H2,1-5H3;5-7H,1-4H3,(H,16,17)/t30-;29-;23-;/m000./s1. The Morgan fingerprint density at radius 1 is 0.420 bits per heavy atom. The third-order valence-corrected chi connectivity index (χ3v) is 28.2. The molecule has 1 aliphatic heterocycles. The van der Waals surface area contributed by atoms with Crippen LogP contribution in [-0.4, -0.2) is 133 Å². The molecular weight excluding hydrogens is 1960 g/mol. The summed E-state index contributed by atoms with van der Waals surface area (Å²) in [6, 6.07) is 56.1. The topological polar surface area (TPSA) is 278 Å². The summed E-state index contributed by atoms with van der Waals surface area (Å²) in [5.41, 5.74) is 18.3. The maximum absolute atomic E-state index is 14.2. The van der Waals surface area contributed by atoms with E-state index in [-0.39, 0.29) is 31.0 Å². The van der Waals surface area contributed by atoms with Crippen molar-refractivity contribution < 1.29 is 65.3 Å². The Morgan fingerprint density at radius 3 is 1.12 bits per heavy atom. The highest BCUT2D eigenvalue weighted by Crippen LogP contribution is 2.51. The van der Waals surface area contributed by atoms with Crippen molar-refractivity contribution in [3.8, 4) is 87.6 Å². The summed E-state index contributed by atoms with van der Waals surface area (Å²) in [6.07, 6.45) is 2.32. The van der Waals surface area contributed by atoms with Crippen LogP contribution in [0.4, 0.5) is 13.2 Å². The van der Waals surface area contributed by atoms with Crippen molar-refractivity contribution >= 4 is 174 Å². The molecule has 3 atom stereocenters. The zero-order chi connectivity index (χ0) is 102. The molecule has 0 amide bonds. The molecule has 19 rings (SSSR count). The number of aromatic nitrogens is 12. The number of benzene rings is 9. The zero-order valence-electron chi connectivity index (χ0n) is 82.3. The first-order valence-corrected chi connectivity index (χ1v) is 50.2. The lowest BCUT2D eigenvalue weighted by atomic mass is 9.79. The number of fused-ring (bicyclic) bond motifs is 6. The van der Waals surface area contributed by atoms with E-state index in [4.69, 9.17) is 99.1 Å². The van der Waals surface area contributed by atoms with Crippen molar-refractivity contribution in [3.05, 3.63) is 272 Å². The maximum Gasteiger partial charge on any atom is 0.494 e. The first-order valence-electron chi connectivity index (χ1n) is 46.3. The van der Waals surface area contributed by atoms with Crippen LogP contribution in [0.2, 0.25) is 20.2 Å². The summed E-state index contributed by atoms with van der Waals surface area (Å²) in [5, 5.41) is 22.5. The van der Waals surface area contributed by atoms with Crippen LogP contribution in [0.25, 0.3) is 151 Å². The van der Waals surface area contributed by atoms with E-state index in [0.29, 0.717) is 58.6 Å². The second-order valence-corrected chi connectivity index (χ2v) is 42.9. The highest BCUT2D eigenvalue weighted by atomic mass is 35.5. The van der Waals surface area contributed by atoms with E-state index in [1.165, 1.54) is 38.7 Å². The lowest BCUT2D eigenvalue weighted by molar-refractivity contribution is -0.167. The van der Waals surface area contributed by atoms with Gasteiger partial charge in [0.25, 0.3) is 0 Å². The van der Waals surface area contributed by atoms with E-state index < -0.39 is 78.0 Å².